The number of benzene rings is 1. The highest BCUT2D eigenvalue weighted by molar-refractivity contribution is 8.21. The summed E-state index contributed by atoms with van der Waals surface area (Å²) in [5.41, 5.74) is 2.11. The van der Waals surface area contributed by atoms with E-state index in [-0.39, 0.29) is 5.25 Å². The van der Waals surface area contributed by atoms with Crippen molar-refractivity contribution < 1.29 is 14.6 Å². The van der Waals surface area contributed by atoms with Gasteiger partial charge in [-0.1, -0.05) is 6.92 Å². The van der Waals surface area contributed by atoms with Gasteiger partial charge in [-0.05, 0) is 52.4 Å². The first-order chi connectivity index (χ1) is 9.10. The number of hydrogen-bond donors (Lipinski definition) is 1. The molecule has 0 bridgehead atoms. The molecule has 0 fully saturated rings. The van der Waals surface area contributed by atoms with Gasteiger partial charge in [-0.25, -0.2) is 4.79 Å². The molecular formula is C13H15ClO3S2. The number of halogens is 1. The van der Waals surface area contributed by atoms with E-state index in [9.17, 15) is 9.90 Å². The van der Waals surface area contributed by atoms with E-state index in [0.717, 1.165) is 40.0 Å². The van der Waals surface area contributed by atoms with Crippen LogP contribution in [0.4, 0.5) is 0 Å². The molecule has 1 atom stereocenters. The second kappa shape index (κ2) is 6.29. The lowest BCUT2D eigenvalue weighted by Crippen LogP contribution is -2.16. The van der Waals surface area contributed by atoms with Gasteiger partial charge in [-0.15, -0.1) is 0 Å². The van der Waals surface area contributed by atoms with Gasteiger partial charge < -0.3 is 9.84 Å². The fraction of sp³-hybridized carbons (Fsp3) is 0.462. The van der Waals surface area contributed by atoms with Gasteiger partial charge in [0.25, 0.3) is 0 Å². The molecule has 3 nitrogen and oxygen atoms in total. The Balaban J connectivity index is 2.62. The van der Waals surface area contributed by atoms with Gasteiger partial charge in [0.05, 0.1) is 17.1 Å². The number of rotatable bonds is 4. The predicted molar refractivity (Wildman–Crippen MR) is 80.8 cm³/mol. The maximum atomic E-state index is 11.3. The third kappa shape index (κ3) is 2.83. The summed E-state index contributed by atoms with van der Waals surface area (Å²) >= 11 is 1.82. The van der Waals surface area contributed by atoms with Gasteiger partial charge in [0.2, 0.25) is 0 Å². The van der Waals surface area contributed by atoms with Crippen LogP contribution in [0.25, 0.3) is 0 Å². The summed E-state index contributed by atoms with van der Waals surface area (Å²) < 4.78 is 5.73. The van der Waals surface area contributed by atoms with E-state index in [1.54, 1.807) is 6.07 Å². The molecule has 1 aliphatic rings. The Bertz CT molecular complexity index is 505. The number of ether oxygens (including phenoxy) is 1. The topological polar surface area (TPSA) is 46.5 Å². The van der Waals surface area contributed by atoms with Crippen LogP contribution in [0.1, 0.15) is 40.1 Å². The monoisotopic (exact) mass is 318 g/mol. The van der Waals surface area contributed by atoms with Crippen LogP contribution in [0.5, 0.6) is 5.75 Å². The molecule has 19 heavy (non-hydrogen) atoms. The highest BCUT2D eigenvalue weighted by Gasteiger charge is 2.29. The minimum Gasteiger partial charge on any atom is -0.492 e. The molecule has 1 unspecified atom stereocenters. The minimum absolute atomic E-state index is 0.288. The van der Waals surface area contributed by atoms with Crippen LogP contribution in [-0.4, -0.2) is 23.4 Å². The fourth-order valence-corrected chi connectivity index (χ4v) is 4.21. The summed E-state index contributed by atoms with van der Waals surface area (Å²) in [6, 6.07) is 1.60. The number of fused-ring (bicyclic) bond motifs is 1. The van der Waals surface area contributed by atoms with Crippen LogP contribution in [0.15, 0.2) is 11.0 Å². The summed E-state index contributed by atoms with van der Waals surface area (Å²) in [6.45, 7) is 4.61. The molecule has 0 aromatic heterocycles. The minimum atomic E-state index is -0.918. The summed E-state index contributed by atoms with van der Waals surface area (Å²) in [5, 5.41) is 9.59. The van der Waals surface area contributed by atoms with Crippen molar-refractivity contribution in [1.29, 1.82) is 0 Å². The maximum absolute atomic E-state index is 11.3. The Kier molecular flexibility index (Phi) is 4.92. The van der Waals surface area contributed by atoms with Crippen LogP contribution in [0.2, 0.25) is 0 Å². The lowest BCUT2D eigenvalue weighted by molar-refractivity contribution is 0.0695. The van der Waals surface area contributed by atoms with E-state index in [0.29, 0.717) is 17.1 Å². The van der Waals surface area contributed by atoms with E-state index in [2.05, 4.69) is 6.92 Å². The molecule has 104 valence electrons. The molecule has 0 amide bonds. The van der Waals surface area contributed by atoms with Gasteiger partial charge in [-0.2, -0.15) is 11.8 Å². The standard InChI is InChI=1S/C13H15ClO3S2/c1-3-18-9-4-5-17-12-10(19-14)6-8(13(15)16)7(2)11(9)12/h6,9H,3-5H2,1-2H3,(H,15,16). The Morgan fingerprint density at radius 2 is 2.37 bits per heavy atom. The van der Waals surface area contributed by atoms with Gasteiger partial charge in [0.15, 0.2) is 0 Å². The molecule has 0 radical (unpaired) electrons. The number of carboxylic acids is 1. The summed E-state index contributed by atoms with van der Waals surface area (Å²) in [6.07, 6.45) is 0.905. The van der Waals surface area contributed by atoms with Gasteiger partial charge >= 0.3 is 5.97 Å². The summed E-state index contributed by atoms with van der Waals surface area (Å²) in [5.74, 6) is 0.835. The highest BCUT2D eigenvalue weighted by Crippen LogP contribution is 2.48. The zero-order valence-corrected chi connectivity index (χ0v) is 13.1. The molecular weight excluding hydrogens is 304 g/mol. The Morgan fingerprint density at radius 3 is 2.95 bits per heavy atom. The largest absolute Gasteiger partial charge is 0.492 e. The Labute approximate surface area is 125 Å². The average Bonchev–Trinajstić information content (AvgIpc) is 2.39. The molecule has 0 saturated heterocycles. The van der Waals surface area contributed by atoms with Crippen molar-refractivity contribution in [1.82, 2.24) is 0 Å². The van der Waals surface area contributed by atoms with E-state index >= 15 is 0 Å². The van der Waals surface area contributed by atoms with Gasteiger partial charge in [0.1, 0.15) is 5.75 Å². The van der Waals surface area contributed by atoms with Gasteiger partial charge in [-0.3, -0.25) is 0 Å². The van der Waals surface area contributed by atoms with Crippen LogP contribution < -0.4 is 4.74 Å². The normalized spacial score (nSPS) is 17.7. The quantitative estimate of drug-likeness (QED) is 0.884. The first-order valence-corrected chi connectivity index (χ1v) is 8.73. The molecule has 1 aromatic carbocycles. The molecule has 0 spiro atoms. The number of hydrogen-bond acceptors (Lipinski definition) is 4. The van der Waals surface area contributed by atoms with E-state index in [1.807, 2.05) is 18.7 Å². The summed E-state index contributed by atoms with van der Waals surface area (Å²) in [4.78, 5) is 12.0. The number of thioether (sulfide) groups is 1. The Morgan fingerprint density at radius 1 is 1.63 bits per heavy atom. The van der Waals surface area contributed by atoms with Crippen molar-refractivity contribution in [2.45, 2.75) is 30.4 Å². The van der Waals surface area contributed by atoms with Crippen LogP contribution in [0, 0.1) is 6.92 Å². The molecule has 1 heterocycles. The van der Waals surface area contributed by atoms with Crippen molar-refractivity contribution >= 4 is 39.4 Å². The van der Waals surface area contributed by atoms with Crippen molar-refractivity contribution in [2.24, 2.45) is 0 Å². The number of aromatic carboxylic acids is 1. The molecule has 1 aliphatic heterocycles. The van der Waals surface area contributed by atoms with Crippen molar-refractivity contribution in [3.05, 3.63) is 22.8 Å². The SMILES string of the molecule is CCSC1CCOc2c(SCl)cc(C(=O)O)c(C)c21. The molecule has 2 rings (SSSR count). The van der Waals surface area contributed by atoms with E-state index in [4.69, 9.17) is 15.4 Å². The van der Waals surface area contributed by atoms with Gasteiger partial charge in [0, 0.05) is 10.8 Å². The lowest BCUT2D eigenvalue weighted by atomic mass is 9.96. The first kappa shape index (κ1) is 14.9. The third-order valence-electron chi connectivity index (χ3n) is 3.18. The zero-order chi connectivity index (χ0) is 14.0. The van der Waals surface area contributed by atoms with Crippen LogP contribution in [0.3, 0.4) is 0 Å². The molecule has 6 heteroatoms. The molecule has 1 N–H and O–H groups in total. The molecule has 1 aromatic rings. The average molecular weight is 319 g/mol. The number of carboxylic acid groups (broad SMARTS) is 1. The first-order valence-electron chi connectivity index (χ1n) is 6.03. The molecule has 0 saturated carbocycles. The second-order valence-corrected chi connectivity index (χ2v) is 6.79. The molecule has 0 aliphatic carbocycles. The number of carbonyl (C=O) groups is 1. The zero-order valence-electron chi connectivity index (χ0n) is 10.7. The van der Waals surface area contributed by atoms with Crippen molar-refractivity contribution in [3.8, 4) is 5.75 Å². The lowest BCUT2D eigenvalue weighted by Gasteiger charge is -2.29. The van der Waals surface area contributed by atoms with Crippen LogP contribution >= 0.6 is 33.4 Å². The highest BCUT2D eigenvalue weighted by atomic mass is 35.7. The smallest absolute Gasteiger partial charge is 0.336 e. The van der Waals surface area contributed by atoms with E-state index in [1.165, 1.54) is 0 Å². The fourth-order valence-electron chi connectivity index (χ4n) is 2.35. The van der Waals surface area contributed by atoms with Crippen LogP contribution in [-0.2, 0) is 0 Å². The third-order valence-corrected chi connectivity index (χ3v) is 5.36. The van der Waals surface area contributed by atoms with E-state index < -0.39 is 5.97 Å². The van der Waals surface area contributed by atoms with Crippen molar-refractivity contribution in [2.75, 3.05) is 12.4 Å². The van der Waals surface area contributed by atoms with Crippen molar-refractivity contribution in [3.63, 3.8) is 0 Å². The Hall–Kier alpha value is -0.520. The predicted octanol–water partition coefficient (Wildman–Crippen LogP) is 4.52. The summed E-state index contributed by atoms with van der Waals surface area (Å²) in [7, 11) is 6.87. The second-order valence-electron chi connectivity index (χ2n) is 4.25. The maximum Gasteiger partial charge on any atom is 0.336 e.